The topological polar surface area (TPSA) is 32.3 Å². The molecular weight excluding hydrogens is 188 g/mol. The van der Waals surface area contributed by atoms with E-state index in [4.69, 9.17) is 0 Å². The summed E-state index contributed by atoms with van der Waals surface area (Å²) < 4.78 is 0. The van der Waals surface area contributed by atoms with E-state index in [-0.39, 0.29) is 11.8 Å². The fourth-order valence-electron chi connectivity index (χ4n) is 2.24. The van der Waals surface area contributed by atoms with Gasteiger partial charge in [-0.25, -0.2) is 0 Å². The molecule has 0 heterocycles. The Labute approximate surface area is 93.2 Å². The molecule has 0 radical (unpaired) electrons. The summed E-state index contributed by atoms with van der Waals surface area (Å²) >= 11 is 0. The predicted molar refractivity (Wildman–Crippen MR) is 62.7 cm³/mol. The van der Waals surface area contributed by atoms with Gasteiger partial charge < -0.3 is 10.2 Å². The molecule has 0 aromatic heterocycles. The third kappa shape index (κ3) is 4.20. The molecule has 2 atom stereocenters. The lowest BCUT2D eigenvalue weighted by Crippen LogP contribution is -2.38. The summed E-state index contributed by atoms with van der Waals surface area (Å²) in [5, 5.41) is 3.03. The Morgan fingerprint density at radius 3 is 2.60 bits per heavy atom. The average Bonchev–Trinajstić information content (AvgIpc) is 2.17. The van der Waals surface area contributed by atoms with Gasteiger partial charge in [0, 0.05) is 19.0 Å². The standard InChI is InChI=1S/C12H24N2O/c1-10-6-4-5-7-11(10)12(15)13-8-9-14(2)3/h10-11H,4-9H2,1-3H3,(H,13,15)/t10-,11+/m1/s1. The summed E-state index contributed by atoms with van der Waals surface area (Å²) in [6.07, 6.45) is 4.81. The van der Waals surface area contributed by atoms with E-state index in [0.717, 1.165) is 19.5 Å². The van der Waals surface area contributed by atoms with Gasteiger partial charge in [-0.2, -0.15) is 0 Å². The van der Waals surface area contributed by atoms with E-state index in [1.165, 1.54) is 19.3 Å². The zero-order chi connectivity index (χ0) is 11.3. The summed E-state index contributed by atoms with van der Waals surface area (Å²) in [6, 6.07) is 0. The first-order valence-corrected chi connectivity index (χ1v) is 6.03. The van der Waals surface area contributed by atoms with Crippen molar-refractivity contribution in [3.8, 4) is 0 Å². The quantitative estimate of drug-likeness (QED) is 0.766. The van der Waals surface area contributed by atoms with Crippen molar-refractivity contribution in [3.63, 3.8) is 0 Å². The summed E-state index contributed by atoms with van der Waals surface area (Å²) in [6.45, 7) is 3.90. The molecule has 0 unspecified atom stereocenters. The van der Waals surface area contributed by atoms with E-state index < -0.39 is 0 Å². The van der Waals surface area contributed by atoms with Crippen molar-refractivity contribution in [3.05, 3.63) is 0 Å². The number of carbonyl (C=O) groups is 1. The summed E-state index contributed by atoms with van der Waals surface area (Å²) in [5.41, 5.74) is 0. The number of amides is 1. The van der Waals surface area contributed by atoms with Gasteiger partial charge in [-0.05, 0) is 32.9 Å². The lowest BCUT2D eigenvalue weighted by atomic mass is 9.80. The van der Waals surface area contributed by atoms with Gasteiger partial charge in [-0.1, -0.05) is 19.8 Å². The highest BCUT2D eigenvalue weighted by atomic mass is 16.1. The van der Waals surface area contributed by atoms with E-state index in [1.807, 2.05) is 14.1 Å². The molecule has 0 aliphatic heterocycles. The first-order valence-electron chi connectivity index (χ1n) is 6.03. The van der Waals surface area contributed by atoms with Crippen LogP contribution in [0, 0.1) is 11.8 Å². The number of nitrogens with one attached hydrogen (secondary N) is 1. The van der Waals surface area contributed by atoms with Crippen LogP contribution in [0.15, 0.2) is 0 Å². The van der Waals surface area contributed by atoms with Gasteiger partial charge in [-0.3, -0.25) is 4.79 Å². The van der Waals surface area contributed by atoms with E-state index in [9.17, 15) is 4.79 Å². The van der Waals surface area contributed by atoms with Crippen LogP contribution < -0.4 is 5.32 Å². The van der Waals surface area contributed by atoms with Crippen molar-refractivity contribution in [1.29, 1.82) is 0 Å². The first kappa shape index (κ1) is 12.5. The van der Waals surface area contributed by atoms with Crippen molar-refractivity contribution in [1.82, 2.24) is 10.2 Å². The highest BCUT2D eigenvalue weighted by Crippen LogP contribution is 2.29. The minimum atomic E-state index is 0.265. The number of nitrogens with zero attached hydrogens (tertiary/aromatic N) is 1. The minimum Gasteiger partial charge on any atom is -0.355 e. The summed E-state index contributed by atoms with van der Waals surface area (Å²) in [7, 11) is 4.05. The van der Waals surface area contributed by atoms with Crippen LogP contribution in [0.5, 0.6) is 0 Å². The minimum absolute atomic E-state index is 0.265. The van der Waals surface area contributed by atoms with Crippen LogP contribution in [0.25, 0.3) is 0 Å². The SMILES string of the molecule is C[C@@H]1CCCC[C@@H]1C(=O)NCCN(C)C. The second-order valence-corrected chi connectivity index (χ2v) is 4.96. The predicted octanol–water partition coefficient (Wildman–Crippen LogP) is 1.49. The molecule has 3 nitrogen and oxygen atoms in total. The maximum atomic E-state index is 11.9. The molecule has 0 spiro atoms. The van der Waals surface area contributed by atoms with Crippen molar-refractivity contribution in [2.45, 2.75) is 32.6 Å². The van der Waals surface area contributed by atoms with Crippen molar-refractivity contribution in [2.75, 3.05) is 27.2 Å². The Morgan fingerprint density at radius 2 is 2.00 bits per heavy atom. The Bertz CT molecular complexity index is 204. The molecule has 1 rings (SSSR count). The number of rotatable bonds is 4. The lowest BCUT2D eigenvalue weighted by molar-refractivity contribution is -0.127. The molecule has 15 heavy (non-hydrogen) atoms. The molecule has 1 fully saturated rings. The average molecular weight is 212 g/mol. The molecule has 0 aromatic rings. The zero-order valence-corrected chi connectivity index (χ0v) is 10.3. The van der Waals surface area contributed by atoms with Crippen LogP contribution in [0.4, 0.5) is 0 Å². The van der Waals surface area contributed by atoms with E-state index in [2.05, 4.69) is 17.1 Å². The van der Waals surface area contributed by atoms with Crippen LogP contribution >= 0.6 is 0 Å². The zero-order valence-electron chi connectivity index (χ0n) is 10.3. The highest BCUT2D eigenvalue weighted by molar-refractivity contribution is 5.78. The van der Waals surface area contributed by atoms with Gasteiger partial charge in [0.15, 0.2) is 0 Å². The number of hydrogen-bond donors (Lipinski definition) is 1. The van der Waals surface area contributed by atoms with Crippen LogP contribution in [-0.4, -0.2) is 38.0 Å². The molecule has 88 valence electrons. The monoisotopic (exact) mass is 212 g/mol. The highest BCUT2D eigenvalue weighted by Gasteiger charge is 2.27. The Hall–Kier alpha value is -0.570. The smallest absolute Gasteiger partial charge is 0.223 e. The Kier molecular flexibility index (Phi) is 5.09. The van der Waals surface area contributed by atoms with E-state index >= 15 is 0 Å². The molecule has 1 amide bonds. The van der Waals surface area contributed by atoms with Gasteiger partial charge in [-0.15, -0.1) is 0 Å². The number of likely N-dealkylation sites (N-methyl/N-ethyl adjacent to an activating group) is 1. The third-order valence-electron chi connectivity index (χ3n) is 3.31. The molecule has 1 aliphatic carbocycles. The second kappa shape index (κ2) is 6.11. The van der Waals surface area contributed by atoms with E-state index in [1.54, 1.807) is 0 Å². The van der Waals surface area contributed by atoms with Crippen LogP contribution in [-0.2, 0) is 4.79 Å². The molecule has 0 aromatic carbocycles. The van der Waals surface area contributed by atoms with Crippen molar-refractivity contribution in [2.24, 2.45) is 11.8 Å². The van der Waals surface area contributed by atoms with Crippen molar-refractivity contribution < 1.29 is 4.79 Å². The number of carbonyl (C=O) groups excluding carboxylic acids is 1. The summed E-state index contributed by atoms with van der Waals surface area (Å²) in [4.78, 5) is 13.9. The van der Waals surface area contributed by atoms with Gasteiger partial charge in [0.2, 0.25) is 5.91 Å². The molecule has 1 saturated carbocycles. The van der Waals surface area contributed by atoms with Crippen LogP contribution in [0.3, 0.4) is 0 Å². The fourth-order valence-corrected chi connectivity index (χ4v) is 2.24. The maximum Gasteiger partial charge on any atom is 0.223 e. The van der Waals surface area contributed by atoms with Crippen molar-refractivity contribution >= 4 is 5.91 Å². The van der Waals surface area contributed by atoms with Crippen LogP contribution in [0.2, 0.25) is 0 Å². The Morgan fingerprint density at radius 1 is 1.33 bits per heavy atom. The maximum absolute atomic E-state index is 11.9. The summed E-state index contributed by atoms with van der Waals surface area (Å²) in [5.74, 6) is 1.10. The molecule has 0 saturated heterocycles. The Balaban J connectivity index is 2.26. The fraction of sp³-hybridized carbons (Fsp3) is 0.917. The molecule has 1 N–H and O–H groups in total. The second-order valence-electron chi connectivity index (χ2n) is 4.96. The largest absolute Gasteiger partial charge is 0.355 e. The van der Waals surface area contributed by atoms with Gasteiger partial charge >= 0.3 is 0 Å². The van der Waals surface area contributed by atoms with Gasteiger partial charge in [0.25, 0.3) is 0 Å². The molecule has 1 aliphatic rings. The van der Waals surface area contributed by atoms with Gasteiger partial charge in [0.05, 0.1) is 0 Å². The third-order valence-corrected chi connectivity index (χ3v) is 3.31. The van der Waals surface area contributed by atoms with Crippen LogP contribution in [0.1, 0.15) is 32.6 Å². The first-order chi connectivity index (χ1) is 7.11. The normalized spacial score (nSPS) is 26.7. The molecule has 3 heteroatoms. The molecule has 0 bridgehead atoms. The number of hydrogen-bond acceptors (Lipinski definition) is 2. The lowest BCUT2D eigenvalue weighted by Gasteiger charge is -2.27. The van der Waals surface area contributed by atoms with Gasteiger partial charge in [0.1, 0.15) is 0 Å². The van der Waals surface area contributed by atoms with E-state index in [0.29, 0.717) is 5.92 Å². The molecular formula is C12H24N2O.